The van der Waals surface area contributed by atoms with Gasteiger partial charge in [-0.1, -0.05) is 5.16 Å². The fraction of sp³-hybridized carbons (Fsp3) is 0.333. The lowest BCUT2D eigenvalue weighted by molar-refractivity contribution is -0.117. The van der Waals surface area contributed by atoms with Gasteiger partial charge in [-0.25, -0.2) is 0 Å². The second-order valence-electron chi connectivity index (χ2n) is 2.19. The van der Waals surface area contributed by atoms with Crippen molar-refractivity contribution in [3.05, 3.63) is 12.5 Å². The van der Waals surface area contributed by atoms with Gasteiger partial charge in [-0.15, -0.1) is 0 Å². The van der Waals surface area contributed by atoms with E-state index in [1.807, 2.05) is 0 Å². The molecule has 3 N–H and O–H groups in total. The number of amides is 1. The smallest absolute Gasteiger partial charge is 0.241 e. The van der Waals surface area contributed by atoms with Crippen molar-refractivity contribution in [1.29, 1.82) is 0 Å². The summed E-state index contributed by atoms with van der Waals surface area (Å²) in [4.78, 5) is 10.9. The Kier molecular flexibility index (Phi) is 2.22. The minimum atomic E-state index is -0.523. The van der Waals surface area contributed by atoms with Crippen molar-refractivity contribution in [3.8, 4) is 0 Å². The molecular formula is C6H9N3O2. The summed E-state index contributed by atoms with van der Waals surface area (Å²) < 4.78 is 4.49. The van der Waals surface area contributed by atoms with Gasteiger partial charge in [0, 0.05) is 0 Å². The van der Waals surface area contributed by atoms with E-state index in [4.69, 9.17) is 5.73 Å². The van der Waals surface area contributed by atoms with Crippen LogP contribution in [0.1, 0.15) is 6.92 Å². The minimum Gasteiger partial charge on any atom is -0.363 e. The zero-order valence-corrected chi connectivity index (χ0v) is 6.07. The number of carbonyl (C=O) groups is 1. The van der Waals surface area contributed by atoms with Crippen molar-refractivity contribution in [1.82, 2.24) is 5.16 Å². The number of rotatable bonds is 2. The molecule has 11 heavy (non-hydrogen) atoms. The highest BCUT2D eigenvalue weighted by Crippen LogP contribution is 2.02. The molecule has 0 saturated heterocycles. The van der Waals surface area contributed by atoms with Gasteiger partial charge < -0.3 is 15.6 Å². The lowest BCUT2D eigenvalue weighted by Crippen LogP contribution is -2.32. The van der Waals surface area contributed by atoms with Gasteiger partial charge >= 0.3 is 0 Å². The molecule has 0 aliphatic rings. The monoisotopic (exact) mass is 155 g/mol. The molecule has 0 spiro atoms. The van der Waals surface area contributed by atoms with E-state index >= 15 is 0 Å². The molecule has 5 nitrogen and oxygen atoms in total. The maximum atomic E-state index is 10.9. The third-order valence-corrected chi connectivity index (χ3v) is 1.11. The standard InChI is InChI=1S/C6H9N3O2/c1-4(7)6(10)9-5-2-8-11-3-5/h2-4H,7H2,1H3,(H,9,10)/t4-/m1/s1. The molecule has 5 heteroatoms. The van der Waals surface area contributed by atoms with Gasteiger partial charge in [-0.3, -0.25) is 4.79 Å². The Bertz CT molecular complexity index is 230. The van der Waals surface area contributed by atoms with Gasteiger partial charge in [0.15, 0.2) is 0 Å². The fourth-order valence-electron chi connectivity index (χ4n) is 0.523. The van der Waals surface area contributed by atoms with Gasteiger partial charge in [-0.2, -0.15) is 0 Å². The van der Waals surface area contributed by atoms with E-state index in [9.17, 15) is 4.79 Å². The van der Waals surface area contributed by atoms with E-state index in [1.165, 1.54) is 12.5 Å². The van der Waals surface area contributed by atoms with Crippen LogP contribution in [0.2, 0.25) is 0 Å². The van der Waals surface area contributed by atoms with Crippen molar-refractivity contribution in [3.63, 3.8) is 0 Å². The lowest BCUT2D eigenvalue weighted by atomic mass is 10.3. The molecule has 1 aromatic rings. The van der Waals surface area contributed by atoms with E-state index in [2.05, 4.69) is 15.0 Å². The third kappa shape index (κ3) is 2.05. The average molecular weight is 155 g/mol. The summed E-state index contributed by atoms with van der Waals surface area (Å²) >= 11 is 0. The Morgan fingerprint density at radius 1 is 1.91 bits per heavy atom. The van der Waals surface area contributed by atoms with Crippen molar-refractivity contribution in [2.24, 2.45) is 5.73 Å². The maximum Gasteiger partial charge on any atom is 0.241 e. The van der Waals surface area contributed by atoms with Crippen LogP contribution < -0.4 is 11.1 Å². The van der Waals surface area contributed by atoms with E-state index < -0.39 is 6.04 Å². The number of carbonyl (C=O) groups excluding carboxylic acids is 1. The Hall–Kier alpha value is -1.36. The van der Waals surface area contributed by atoms with Gasteiger partial charge in [0.05, 0.1) is 12.2 Å². The van der Waals surface area contributed by atoms with Gasteiger partial charge in [0.2, 0.25) is 5.91 Å². The zero-order valence-electron chi connectivity index (χ0n) is 6.07. The number of hydrogen-bond acceptors (Lipinski definition) is 4. The predicted octanol–water partition coefficient (Wildman–Crippen LogP) is -0.0397. The van der Waals surface area contributed by atoms with Crippen molar-refractivity contribution >= 4 is 11.6 Å². The normalized spacial score (nSPS) is 12.5. The van der Waals surface area contributed by atoms with Crippen LogP contribution in [0.4, 0.5) is 5.69 Å². The first-order valence-electron chi connectivity index (χ1n) is 3.16. The Morgan fingerprint density at radius 3 is 3.09 bits per heavy atom. The van der Waals surface area contributed by atoms with Gasteiger partial charge in [0.1, 0.15) is 12.0 Å². The predicted molar refractivity (Wildman–Crippen MR) is 38.8 cm³/mol. The highest BCUT2D eigenvalue weighted by Gasteiger charge is 2.07. The highest BCUT2D eigenvalue weighted by molar-refractivity contribution is 5.93. The molecule has 1 rings (SSSR count). The van der Waals surface area contributed by atoms with E-state index in [0.717, 1.165) is 0 Å². The van der Waals surface area contributed by atoms with Crippen LogP contribution in [0.5, 0.6) is 0 Å². The second kappa shape index (κ2) is 3.16. The first-order chi connectivity index (χ1) is 5.20. The summed E-state index contributed by atoms with van der Waals surface area (Å²) in [5.41, 5.74) is 5.81. The van der Waals surface area contributed by atoms with Crippen LogP contribution in [-0.2, 0) is 4.79 Å². The maximum absolute atomic E-state index is 10.9. The van der Waals surface area contributed by atoms with Crippen LogP contribution in [0, 0.1) is 0 Å². The summed E-state index contributed by atoms with van der Waals surface area (Å²) in [5.74, 6) is -0.256. The topological polar surface area (TPSA) is 81.2 Å². The summed E-state index contributed by atoms with van der Waals surface area (Å²) in [5, 5.41) is 5.91. The first kappa shape index (κ1) is 7.74. The molecule has 1 heterocycles. The fourth-order valence-corrected chi connectivity index (χ4v) is 0.523. The molecule has 1 amide bonds. The number of nitrogens with zero attached hydrogens (tertiary/aromatic N) is 1. The van der Waals surface area contributed by atoms with E-state index in [1.54, 1.807) is 6.92 Å². The first-order valence-corrected chi connectivity index (χ1v) is 3.16. The Labute approximate surface area is 63.5 Å². The number of anilines is 1. The van der Waals surface area contributed by atoms with Crippen LogP contribution in [0.25, 0.3) is 0 Å². The van der Waals surface area contributed by atoms with Crippen LogP contribution in [-0.4, -0.2) is 17.1 Å². The number of nitrogens with one attached hydrogen (secondary N) is 1. The van der Waals surface area contributed by atoms with Gasteiger partial charge in [-0.05, 0) is 6.92 Å². The average Bonchev–Trinajstić information content (AvgIpc) is 2.39. The molecular weight excluding hydrogens is 146 g/mol. The van der Waals surface area contributed by atoms with Crippen LogP contribution in [0.15, 0.2) is 17.0 Å². The highest BCUT2D eigenvalue weighted by atomic mass is 16.5. The van der Waals surface area contributed by atoms with E-state index in [-0.39, 0.29) is 5.91 Å². The summed E-state index contributed by atoms with van der Waals surface area (Å²) in [7, 11) is 0. The van der Waals surface area contributed by atoms with E-state index in [0.29, 0.717) is 5.69 Å². The molecule has 0 aromatic carbocycles. The molecule has 0 aliphatic heterocycles. The number of nitrogens with two attached hydrogens (primary N) is 1. The van der Waals surface area contributed by atoms with Crippen LogP contribution >= 0.6 is 0 Å². The molecule has 0 fully saturated rings. The van der Waals surface area contributed by atoms with Crippen LogP contribution in [0.3, 0.4) is 0 Å². The number of hydrogen-bond donors (Lipinski definition) is 2. The van der Waals surface area contributed by atoms with Crippen molar-refractivity contribution < 1.29 is 9.32 Å². The summed E-state index contributed by atoms with van der Waals surface area (Å²) in [6, 6.07) is -0.523. The third-order valence-electron chi connectivity index (χ3n) is 1.11. The SMILES string of the molecule is C[C@@H](N)C(=O)Nc1cnoc1. The molecule has 1 aromatic heterocycles. The minimum absolute atomic E-state index is 0.256. The largest absolute Gasteiger partial charge is 0.363 e. The molecule has 0 bridgehead atoms. The zero-order chi connectivity index (χ0) is 8.27. The van der Waals surface area contributed by atoms with Crippen molar-refractivity contribution in [2.75, 3.05) is 5.32 Å². The van der Waals surface area contributed by atoms with Gasteiger partial charge in [0.25, 0.3) is 0 Å². The molecule has 60 valence electrons. The number of aromatic nitrogens is 1. The molecule has 0 aliphatic carbocycles. The summed E-state index contributed by atoms with van der Waals surface area (Å²) in [6.07, 6.45) is 2.74. The van der Waals surface area contributed by atoms with Crippen molar-refractivity contribution in [2.45, 2.75) is 13.0 Å². The Balaban J connectivity index is 2.50. The Morgan fingerprint density at radius 2 is 2.64 bits per heavy atom. The molecule has 0 radical (unpaired) electrons. The molecule has 0 saturated carbocycles. The molecule has 0 unspecified atom stereocenters. The quantitative estimate of drug-likeness (QED) is 0.627. The second-order valence-corrected chi connectivity index (χ2v) is 2.19. The lowest BCUT2D eigenvalue weighted by Gasteiger charge is -2.02. The molecule has 1 atom stereocenters. The summed E-state index contributed by atoms with van der Waals surface area (Å²) in [6.45, 7) is 1.60.